The number of benzene rings is 1. The number of halogens is 1. The van der Waals surface area contributed by atoms with Crippen LogP contribution < -0.4 is 0 Å². The maximum absolute atomic E-state index is 13.9. The minimum absolute atomic E-state index is 0.100. The highest BCUT2D eigenvalue weighted by atomic mass is 19.1. The summed E-state index contributed by atoms with van der Waals surface area (Å²) in [5.74, 6) is 0.432. The molecule has 2 aliphatic rings. The first kappa shape index (κ1) is 20.0. The maximum atomic E-state index is 13.9. The average Bonchev–Trinajstić information content (AvgIpc) is 3.44. The molecule has 2 aromatic rings. The van der Waals surface area contributed by atoms with Crippen molar-refractivity contribution in [3.63, 3.8) is 0 Å². The van der Waals surface area contributed by atoms with Gasteiger partial charge in [-0.25, -0.2) is 9.37 Å². The highest BCUT2D eigenvalue weighted by Crippen LogP contribution is 2.23. The first-order valence-electron chi connectivity index (χ1n) is 10.4. The van der Waals surface area contributed by atoms with Gasteiger partial charge < -0.3 is 14.1 Å². The molecular weight excluding hydrogens is 373 g/mol. The summed E-state index contributed by atoms with van der Waals surface area (Å²) in [5.41, 5.74) is 0.742. The normalized spacial score (nSPS) is 20.8. The average molecular weight is 401 g/mol. The Labute approximate surface area is 170 Å². The number of amides is 1. The fourth-order valence-electron chi connectivity index (χ4n) is 4.26. The monoisotopic (exact) mass is 401 g/mol. The number of hydrogen-bond acceptors (Lipinski definition) is 5. The molecule has 0 spiro atoms. The third-order valence-corrected chi connectivity index (χ3v) is 5.92. The molecule has 0 radical (unpaired) electrons. The van der Waals surface area contributed by atoms with Crippen LogP contribution in [0.4, 0.5) is 4.39 Å². The molecule has 7 heteroatoms. The fourth-order valence-corrected chi connectivity index (χ4v) is 4.26. The van der Waals surface area contributed by atoms with E-state index in [9.17, 15) is 9.18 Å². The van der Waals surface area contributed by atoms with Crippen molar-refractivity contribution in [1.29, 1.82) is 0 Å². The van der Waals surface area contributed by atoms with Crippen LogP contribution in [0.5, 0.6) is 0 Å². The SMILES string of the molecule is O=C(c1cnco1)N(CC1CCN(Cc2ccccc2F)CC1)C[C@@H]1CCCO1. The largest absolute Gasteiger partial charge is 0.438 e. The second-order valence-corrected chi connectivity index (χ2v) is 8.02. The van der Waals surface area contributed by atoms with Crippen LogP contribution in [0, 0.1) is 11.7 Å². The summed E-state index contributed by atoms with van der Waals surface area (Å²) >= 11 is 0. The molecule has 0 bridgehead atoms. The van der Waals surface area contributed by atoms with Gasteiger partial charge in [0.15, 0.2) is 6.39 Å². The summed E-state index contributed by atoms with van der Waals surface area (Å²) in [6.45, 7) is 4.49. The Morgan fingerprint density at radius 3 is 2.72 bits per heavy atom. The van der Waals surface area contributed by atoms with Gasteiger partial charge >= 0.3 is 0 Å². The van der Waals surface area contributed by atoms with Crippen LogP contribution in [-0.4, -0.2) is 59.6 Å². The molecule has 2 fully saturated rings. The van der Waals surface area contributed by atoms with Crippen molar-refractivity contribution in [3.05, 3.63) is 54.0 Å². The number of piperidine rings is 1. The number of ether oxygens (including phenoxy) is 1. The summed E-state index contributed by atoms with van der Waals surface area (Å²) in [5, 5.41) is 0. The third kappa shape index (κ3) is 5.22. The standard InChI is InChI=1S/C22H28FN3O3/c23-20-6-2-1-4-18(20)14-25-9-7-17(8-10-25)13-26(15-19-5-3-11-28-19)22(27)21-12-24-16-29-21/h1-2,4,6,12,16-17,19H,3,5,7-11,13-15H2/t19-/m0/s1. The van der Waals surface area contributed by atoms with E-state index in [0.717, 1.165) is 50.9 Å². The molecular formula is C22H28FN3O3. The van der Waals surface area contributed by atoms with Gasteiger partial charge in [-0.05, 0) is 50.8 Å². The zero-order chi connectivity index (χ0) is 20.1. The van der Waals surface area contributed by atoms with Gasteiger partial charge in [0.05, 0.1) is 12.3 Å². The van der Waals surface area contributed by atoms with Gasteiger partial charge in [0.2, 0.25) is 5.76 Å². The van der Waals surface area contributed by atoms with Crippen molar-refractivity contribution in [2.24, 2.45) is 5.92 Å². The van der Waals surface area contributed by atoms with Crippen molar-refractivity contribution in [2.75, 3.05) is 32.8 Å². The van der Waals surface area contributed by atoms with Crippen LogP contribution in [0.3, 0.4) is 0 Å². The van der Waals surface area contributed by atoms with E-state index in [-0.39, 0.29) is 23.6 Å². The summed E-state index contributed by atoms with van der Waals surface area (Å²) in [6.07, 6.45) is 6.87. The van der Waals surface area contributed by atoms with Crippen molar-refractivity contribution in [1.82, 2.24) is 14.8 Å². The summed E-state index contributed by atoms with van der Waals surface area (Å²) in [6, 6.07) is 6.96. The van der Waals surface area contributed by atoms with E-state index in [1.807, 2.05) is 17.0 Å². The Balaban J connectivity index is 1.33. The van der Waals surface area contributed by atoms with Crippen molar-refractivity contribution >= 4 is 5.91 Å². The van der Waals surface area contributed by atoms with Crippen molar-refractivity contribution in [2.45, 2.75) is 38.3 Å². The van der Waals surface area contributed by atoms with E-state index >= 15 is 0 Å². The number of aromatic nitrogens is 1. The summed E-state index contributed by atoms with van der Waals surface area (Å²) in [4.78, 5) is 20.9. The molecule has 29 heavy (non-hydrogen) atoms. The molecule has 156 valence electrons. The van der Waals surface area contributed by atoms with Gasteiger partial charge in [-0.1, -0.05) is 18.2 Å². The van der Waals surface area contributed by atoms with Crippen LogP contribution in [0.15, 0.2) is 41.3 Å². The molecule has 3 heterocycles. The van der Waals surface area contributed by atoms with Crippen molar-refractivity contribution < 1.29 is 18.3 Å². The Bertz CT molecular complexity index is 784. The second-order valence-electron chi connectivity index (χ2n) is 8.02. The lowest BCUT2D eigenvalue weighted by Gasteiger charge is -2.35. The molecule has 6 nitrogen and oxygen atoms in total. The molecule has 1 atom stereocenters. The Kier molecular flexibility index (Phi) is 6.56. The molecule has 0 saturated carbocycles. The van der Waals surface area contributed by atoms with E-state index < -0.39 is 0 Å². The zero-order valence-electron chi connectivity index (χ0n) is 16.6. The minimum Gasteiger partial charge on any atom is -0.438 e. The van der Waals surface area contributed by atoms with E-state index in [1.54, 1.807) is 6.07 Å². The second kappa shape index (κ2) is 9.50. The molecule has 0 aliphatic carbocycles. The van der Waals surface area contributed by atoms with Gasteiger partial charge in [-0.3, -0.25) is 9.69 Å². The zero-order valence-corrected chi connectivity index (χ0v) is 16.6. The fraction of sp³-hybridized carbons (Fsp3) is 0.545. The Morgan fingerprint density at radius 1 is 1.21 bits per heavy atom. The van der Waals surface area contributed by atoms with Crippen LogP contribution in [-0.2, 0) is 11.3 Å². The Hall–Kier alpha value is -2.25. The minimum atomic E-state index is -0.144. The van der Waals surface area contributed by atoms with Crippen LogP contribution in [0.2, 0.25) is 0 Å². The van der Waals surface area contributed by atoms with Gasteiger partial charge in [0.25, 0.3) is 5.91 Å². The quantitative estimate of drug-likeness (QED) is 0.712. The molecule has 1 aromatic heterocycles. The smallest absolute Gasteiger partial charge is 0.291 e. The maximum Gasteiger partial charge on any atom is 0.291 e. The van der Waals surface area contributed by atoms with Gasteiger partial charge in [-0.2, -0.15) is 0 Å². The number of oxazole rings is 1. The predicted molar refractivity (Wildman–Crippen MR) is 106 cm³/mol. The molecule has 0 unspecified atom stereocenters. The van der Waals surface area contributed by atoms with E-state index in [4.69, 9.17) is 9.15 Å². The number of nitrogens with zero attached hydrogens (tertiary/aromatic N) is 3. The number of carbonyl (C=O) groups is 1. The summed E-state index contributed by atoms with van der Waals surface area (Å²) in [7, 11) is 0. The van der Waals surface area contributed by atoms with Crippen LogP contribution >= 0.6 is 0 Å². The molecule has 1 amide bonds. The van der Waals surface area contributed by atoms with Crippen molar-refractivity contribution in [3.8, 4) is 0 Å². The number of hydrogen-bond donors (Lipinski definition) is 0. The van der Waals surface area contributed by atoms with Gasteiger partial charge in [0.1, 0.15) is 5.82 Å². The molecule has 1 aromatic carbocycles. The number of likely N-dealkylation sites (tertiary alicyclic amines) is 1. The number of rotatable bonds is 7. The molecule has 4 rings (SSSR count). The topological polar surface area (TPSA) is 58.8 Å². The van der Waals surface area contributed by atoms with E-state index in [0.29, 0.717) is 25.6 Å². The first-order valence-corrected chi connectivity index (χ1v) is 10.4. The van der Waals surface area contributed by atoms with E-state index in [2.05, 4.69) is 9.88 Å². The molecule has 2 aliphatic heterocycles. The van der Waals surface area contributed by atoms with Gasteiger partial charge in [-0.15, -0.1) is 0 Å². The highest BCUT2D eigenvalue weighted by molar-refractivity contribution is 5.91. The third-order valence-electron chi connectivity index (χ3n) is 5.92. The number of carbonyl (C=O) groups excluding carboxylic acids is 1. The summed E-state index contributed by atoms with van der Waals surface area (Å²) < 4.78 is 24.9. The Morgan fingerprint density at radius 2 is 2.03 bits per heavy atom. The van der Waals surface area contributed by atoms with Crippen LogP contribution in [0.25, 0.3) is 0 Å². The molecule has 0 N–H and O–H groups in total. The lowest BCUT2D eigenvalue weighted by Crippen LogP contribution is -2.43. The lowest BCUT2D eigenvalue weighted by molar-refractivity contribution is 0.0422. The van der Waals surface area contributed by atoms with Crippen LogP contribution in [0.1, 0.15) is 41.8 Å². The lowest BCUT2D eigenvalue weighted by atomic mass is 9.95. The predicted octanol–water partition coefficient (Wildman–Crippen LogP) is 3.35. The van der Waals surface area contributed by atoms with E-state index in [1.165, 1.54) is 18.7 Å². The highest BCUT2D eigenvalue weighted by Gasteiger charge is 2.29. The first-order chi connectivity index (χ1) is 14.2. The molecule has 2 saturated heterocycles. The van der Waals surface area contributed by atoms with Gasteiger partial charge in [0, 0.05) is 31.8 Å².